The summed E-state index contributed by atoms with van der Waals surface area (Å²) in [6.07, 6.45) is 4.96. The SMILES string of the molecule is CCOC(=O)C1(c2ccccc2)CCN(CCC2c3ccccc3CCc3ccccc32)CC1. The molecule has 5 rings (SSSR count). The number of fused-ring (bicyclic) bond motifs is 2. The molecule has 0 amide bonds. The van der Waals surface area contributed by atoms with E-state index in [4.69, 9.17) is 4.74 Å². The normalized spacial score (nSPS) is 17.9. The second-order valence-electron chi connectivity index (χ2n) is 9.75. The van der Waals surface area contributed by atoms with Crippen LogP contribution in [0.4, 0.5) is 0 Å². The Kier molecular flexibility index (Phi) is 6.82. The van der Waals surface area contributed by atoms with Crippen LogP contribution in [0.5, 0.6) is 0 Å². The summed E-state index contributed by atoms with van der Waals surface area (Å²) >= 11 is 0. The molecule has 2 aliphatic rings. The smallest absolute Gasteiger partial charge is 0.316 e. The molecule has 176 valence electrons. The van der Waals surface area contributed by atoms with Gasteiger partial charge < -0.3 is 9.64 Å². The van der Waals surface area contributed by atoms with Crippen LogP contribution in [0, 0.1) is 0 Å². The molecule has 1 aliphatic heterocycles. The second-order valence-corrected chi connectivity index (χ2v) is 9.75. The van der Waals surface area contributed by atoms with Crippen LogP contribution >= 0.6 is 0 Å². The van der Waals surface area contributed by atoms with Gasteiger partial charge in [-0.1, -0.05) is 78.9 Å². The van der Waals surface area contributed by atoms with Gasteiger partial charge >= 0.3 is 5.97 Å². The highest BCUT2D eigenvalue weighted by atomic mass is 16.5. The minimum Gasteiger partial charge on any atom is -0.465 e. The molecule has 0 radical (unpaired) electrons. The number of hydrogen-bond acceptors (Lipinski definition) is 3. The van der Waals surface area contributed by atoms with Crippen LogP contribution in [0.1, 0.15) is 59.9 Å². The first-order chi connectivity index (χ1) is 16.7. The van der Waals surface area contributed by atoms with Crippen molar-refractivity contribution in [1.29, 1.82) is 0 Å². The van der Waals surface area contributed by atoms with Crippen molar-refractivity contribution in [3.8, 4) is 0 Å². The van der Waals surface area contributed by atoms with E-state index in [1.165, 1.54) is 22.3 Å². The van der Waals surface area contributed by atoms with Gasteiger partial charge in [-0.2, -0.15) is 0 Å². The van der Waals surface area contributed by atoms with E-state index in [9.17, 15) is 4.79 Å². The molecule has 0 atom stereocenters. The molecule has 3 heteroatoms. The van der Waals surface area contributed by atoms with Gasteiger partial charge in [0, 0.05) is 5.92 Å². The molecular weight excluding hydrogens is 418 g/mol. The Morgan fingerprint density at radius 3 is 2.00 bits per heavy atom. The number of rotatable bonds is 6. The maximum absolute atomic E-state index is 13.1. The number of piperidine rings is 1. The zero-order chi connectivity index (χ0) is 23.4. The summed E-state index contributed by atoms with van der Waals surface area (Å²) in [5.74, 6) is 0.369. The standard InChI is InChI=1S/C31H35NO2/c1-2-34-30(33)31(26-12-4-3-5-13-26)19-22-32(23-20-31)21-18-29-27-14-8-6-10-24(27)16-17-25-11-7-9-15-28(25)29/h3-15,29H,2,16-23H2,1H3. The lowest BCUT2D eigenvalue weighted by Gasteiger charge is -2.40. The van der Waals surface area contributed by atoms with Gasteiger partial charge in [0.25, 0.3) is 0 Å². The first kappa shape index (κ1) is 22.9. The van der Waals surface area contributed by atoms with E-state index in [1.54, 1.807) is 0 Å². The quantitative estimate of drug-likeness (QED) is 0.435. The molecule has 3 aromatic carbocycles. The number of nitrogens with zero attached hydrogens (tertiary/aromatic N) is 1. The number of carbonyl (C=O) groups is 1. The van der Waals surface area contributed by atoms with Gasteiger partial charge in [0.2, 0.25) is 0 Å². The topological polar surface area (TPSA) is 29.5 Å². The monoisotopic (exact) mass is 453 g/mol. The third-order valence-electron chi connectivity index (χ3n) is 7.96. The van der Waals surface area contributed by atoms with Crippen molar-refractivity contribution in [2.75, 3.05) is 26.2 Å². The van der Waals surface area contributed by atoms with Gasteiger partial charge in [0.15, 0.2) is 0 Å². The Bertz CT molecular complexity index is 1070. The lowest BCUT2D eigenvalue weighted by atomic mass is 9.72. The zero-order valence-corrected chi connectivity index (χ0v) is 20.2. The van der Waals surface area contributed by atoms with Crippen LogP contribution in [0.3, 0.4) is 0 Å². The van der Waals surface area contributed by atoms with Crippen LogP contribution in [-0.2, 0) is 27.8 Å². The van der Waals surface area contributed by atoms with E-state index in [2.05, 4.69) is 65.6 Å². The molecule has 0 spiro atoms. The fraction of sp³-hybridized carbons (Fsp3) is 0.387. The highest BCUT2D eigenvalue weighted by Gasteiger charge is 2.44. The van der Waals surface area contributed by atoms with Crippen molar-refractivity contribution in [3.05, 3.63) is 107 Å². The first-order valence-corrected chi connectivity index (χ1v) is 12.8. The Morgan fingerprint density at radius 2 is 1.41 bits per heavy atom. The van der Waals surface area contributed by atoms with Crippen molar-refractivity contribution in [2.45, 2.75) is 50.4 Å². The summed E-state index contributed by atoms with van der Waals surface area (Å²) in [6.45, 7) is 5.21. The molecule has 34 heavy (non-hydrogen) atoms. The molecule has 1 fully saturated rings. The molecule has 1 heterocycles. The Hall–Kier alpha value is -2.91. The van der Waals surface area contributed by atoms with Crippen molar-refractivity contribution in [2.24, 2.45) is 0 Å². The number of benzene rings is 3. The summed E-state index contributed by atoms with van der Waals surface area (Å²) in [6, 6.07) is 28.3. The fourth-order valence-corrected chi connectivity index (χ4v) is 6.06. The minimum atomic E-state index is -0.519. The van der Waals surface area contributed by atoms with Crippen molar-refractivity contribution in [3.63, 3.8) is 0 Å². The number of ether oxygens (including phenoxy) is 1. The molecule has 3 nitrogen and oxygen atoms in total. The molecule has 0 aromatic heterocycles. The van der Waals surface area contributed by atoms with Gasteiger partial charge in [-0.25, -0.2) is 0 Å². The molecule has 0 saturated carbocycles. The maximum atomic E-state index is 13.1. The van der Waals surface area contributed by atoms with Gasteiger partial charge in [-0.15, -0.1) is 0 Å². The average molecular weight is 454 g/mol. The highest BCUT2D eigenvalue weighted by Crippen LogP contribution is 2.39. The van der Waals surface area contributed by atoms with E-state index in [0.29, 0.717) is 12.5 Å². The molecule has 1 saturated heterocycles. The predicted octanol–water partition coefficient (Wildman–Crippen LogP) is 5.90. The van der Waals surface area contributed by atoms with Gasteiger partial charge in [-0.05, 0) is 86.5 Å². The number of carbonyl (C=O) groups excluding carboxylic acids is 1. The summed E-state index contributed by atoms with van der Waals surface area (Å²) in [7, 11) is 0. The molecule has 3 aromatic rings. The summed E-state index contributed by atoms with van der Waals surface area (Å²) in [5.41, 5.74) is 6.56. The third-order valence-corrected chi connectivity index (χ3v) is 7.96. The summed E-state index contributed by atoms with van der Waals surface area (Å²) in [5, 5.41) is 0. The van der Waals surface area contributed by atoms with Crippen LogP contribution in [0.15, 0.2) is 78.9 Å². The highest BCUT2D eigenvalue weighted by molar-refractivity contribution is 5.83. The minimum absolute atomic E-state index is 0.0625. The van der Waals surface area contributed by atoms with Gasteiger partial charge in [-0.3, -0.25) is 4.79 Å². The van der Waals surface area contributed by atoms with Gasteiger partial charge in [0.1, 0.15) is 0 Å². The second kappa shape index (κ2) is 10.1. The van der Waals surface area contributed by atoms with Crippen molar-refractivity contribution >= 4 is 5.97 Å². The van der Waals surface area contributed by atoms with Crippen molar-refractivity contribution < 1.29 is 9.53 Å². The summed E-state index contributed by atoms with van der Waals surface area (Å²) in [4.78, 5) is 15.7. The van der Waals surface area contributed by atoms with Crippen LogP contribution < -0.4 is 0 Å². The van der Waals surface area contributed by atoms with Crippen molar-refractivity contribution in [1.82, 2.24) is 4.90 Å². The van der Waals surface area contributed by atoms with E-state index in [-0.39, 0.29) is 5.97 Å². The maximum Gasteiger partial charge on any atom is 0.316 e. The van der Waals surface area contributed by atoms with Crippen LogP contribution in [0.25, 0.3) is 0 Å². The number of likely N-dealkylation sites (tertiary alicyclic amines) is 1. The van der Waals surface area contributed by atoms with E-state index in [0.717, 1.165) is 57.3 Å². The third kappa shape index (κ3) is 4.42. The molecule has 0 unspecified atom stereocenters. The molecule has 1 aliphatic carbocycles. The average Bonchev–Trinajstić information content (AvgIpc) is 3.05. The lowest BCUT2D eigenvalue weighted by Crippen LogP contribution is -2.48. The summed E-state index contributed by atoms with van der Waals surface area (Å²) < 4.78 is 5.56. The largest absolute Gasteiger partial charge is 0.465 e. The molecule has 0 N–H and O–H groups in total. The number of esters is 1. The Balaban J connectivity index is 1.33. The van der Waals surface area contributed by atoms with Crippen LogP contribution in [-0.4, -0.2) is 37.1 Å². The van der Waals surface area contributed by atoms with E-state index < -0.39 is 5.41 Å². The first-order valence-electron chi connectivity index (χ1n) is 12.8. The number of aryl methyl sites for hydroxylation is 2. The lowest BCUT2D eigenvalue weighted by molar-refractivity contribution is -0.152. The zero-order valence-electron chi connectivity index (χ0n) is 20.2. The van der Waals surface area contributed by atoms with Crippen LogP contribution in [0.2, 0.25) is 0 Å². The fourth-order valence-electron chi connectivity index (χ4n) is 6.06. The Labute approximate surface area is 203 Å². The van der Waals surface area contributed by atoms with Gasteiger partial charge in [0.05, 0.1) is 12.0 Å². The predicted molar refractivity (Wildman–Crippen MR) is 137 cm³/mol. The Morgan fingerprint density at radius 1 is 0.853 bits per heavy atom. The molecule has 0 bridgehead atoms. The molecular formula is C31H35NO2. The van der Waals surface area contributed by atoms with E-state index in [1.807, 2.05) is 25.1 Å². The number of hydrogen-bond donors (Lipinski definition) is 0. The van der Waals surface area contributed by atoms with E-state index >= 15 is 0 Å².